The third kappa shape index (κ3) is 2.79. The number of amides is 2. The molecule has 0 spiro atoms. The molecule has 7 heteroatoms. The summed E-state index contributed by atoms with van der Waals surface area (Å²) in [5.74, 6) is -0.268. The van der Waals surface area contributed by atoms with Crippen LogP contribution >= 0.6 is 11.3 Å². The topological polar surface area (TPSA) is 71.5 Å². The van der Waals surface area contributed by atoms with E-state index < -0.39 is 6.09 Å². The molecule has 1 aliphatic rings. The summed E-state index contributed by atoms with van der Waals surface area (Å²) in [5.41, 5.74) is 1.09. The molecular weight excluding hydrogens is 254 g/mol. The van der Waals surface area contributed by atoms with E-state index in [-0.39, 0.29) is 12.5 Å². The minimum atomic E-state index is -0.535. The zero-order valence-electron chi connectivity index (χ0n) is 10.4. The van der Waals surface area contributed by atoms with Crippen LogP contribution in [0.3, 0.4) is 0 Å². The Morgan fingerprint density at radius 3 is 2.94 bits per heavy atom. The van der Waals surface area contributed by atoms with Gasteiger partial charge in [0.2, 0.25) is 5.91 Å². The lowest BCUT2D eigenvalue weighted by Gasteiger charge is -2.14. The first-order valence-corrected chi connectivity index (χ1v) is 6.49. The Morgan fingerprint density at radius 2 is 2.28 bits per heavy atom. The van der Waals surface area contributed by atoms with Crippen LogP contribution in [-0.4, -0.2) is 42.6 Å². The van der Waals surface area contributed by atoms with Crippen molar-refractivity contribution >= 4 is 28.5 Å². The molecule has 0 bridgehead atoms. The van der Waals surface area contributed by atoms with Gasteiger partial charge in [-0.05, 0) is 19.3 Å². The fourth-order valence-corrected chi connectivity index (χ4v) is 2.90. The van der Waals surface area contributed by atoms with E-state index in [4.69, 9.17) is 0 Å². The minimum Gasteiger partial charge on any atom is -0.453 e. The summed E-state index contributed by atoms with van der Waals surface area (Å²) in [6.45, 7) is -0.0447. The summed E-state index contributed by atoms with van der Waals surface area (Å²) in [6.07, 6.45) is 2.65. The fraction of sp³-hybridized carbons (Fsp3) is 0.545. The van der Waals surface area contributed by atoms with Crippen molar-refractivity contribution in [3.8, 4) is 0 Å². The van der Waals surface area contributed by atoms with E-state index in [0.717, 1.165) is 25.0 Å². The average Bonchev–Trinajstić information content (AvgIpc) is 2.87. The molecule has 1 aromatic rings. The van der Waals surface area contributed by atoms with Crippen molar-refractivity contribution in [2.24, 2.45) is 0 Å². The van der Waals surface area contributed by atoms with E-state index in [2.05, 4.69) is 15.0 Å². The van der Waals surface area contributed by atoms with Crippen LogP contribution in [0, 0.1) is 0 Å². The second-order valence-electron chi connectivity index (χ2n) is 4.12. The van der Waals surface area contributed by atoms with Gasteiger partial charge >= 0.3 is 6.09 Å². The van der Waals surface area contributed by atoms with Gasteiger partial charge in [0.1, 0.15) is 6.54 Å². The second-order valence-corrected chi connectivity index (χ2v) is 5.20. The first kappa shape index (κ1) is 12.8. The number of rotatable bonds is 3. The number of anilines is 1. The summed E-state index contributed by atoms with van der Waals surface area (Å²) < 4.78 is 4.51. The number of carbonyl (C=O) groups excluding carboxylic acids is 2. The van der Waals surface area contributed by atoms with E-state index in [0.29, 0.717) is 5.13 Å². The Hall–Kier alpha value is -1.63. The van der Waals surface area contributed by atoms with E-state index in [1.54, 1.807) is 0 Å². The molecule has 2 amide bonds. The molecule has 18 heavy (non-hydrogen) atoms. The number of thiazole rings is 1. The highest BCUT2D eigenvalue weighted by molar-refractivity contribution is 7.15. The summed E-state index contributed by atoms with van der Waals surface area (Å²) in [5, 5.41) is 3.31. The van der Waals surface area contributed by atoms with Crippen LogP contribution in [0.1, 0.15) is 17.0 Å². The first-order chi connectivity index (χ1) is 8.60. The van der Waals surface area contributed by atoms with E-state index in [1.165, 1.54) is 35.3 Å². The van der Waals surface area contributed by atoms with Crippen LogP contribution in [-0.2, 0) is 22.4 Å². The lowest BCUT2D eigenvalue weighted by atomic mass is 10.4. The largest absolute Gasteiger partial charge is 0.453 e. The zero-order chi connectivity index (χ0) is 13.1. The molecule has 2 rings (SSSR count). The quantitative estimate of drug-likeness (QED) is 0.897. The molecule has 0 saturated carbocycles. The van der Waals surface area contributed by atoms with Crippen LogP contribution in [0.15, 0.2) is 0 Å². The Kier molecular flexibility index (Phi) is 3.81. The zero-order valence-corrected chi connectivity index (χ0v) is 11.2. The molecule has 0 saturated heterocycles. The smallest absolute Gasteiger partial charge is 0.409 e. The van der Waals surface area contributed by atoms with Crippen molar-refractivity contribution < 1.29 is 14.3 Å². The third-order valence-electron chi connectivity index (χ3n) is 2.71. The number of hydrogen-bond acceptors (Lipinski definition) is 5. The van der Waals surface area contributed by atoms with Crippen molar-refractivity contribution in [2.75, 3.05) is 26.0 Å². The maximum atomic E-state index is 11.7. The SMILES string of the molecule is COC(=O)N(C)CC(=O)Nc1nc2c(s1)CCC2. The van der Waals surface area contributed by atoms with Gasteiger partial charge in [-0.3, -0.25) is 4.79 Å². The number of hydrogen-bond donors (Lipinski definition) is 1. The Bertz CT molecular complexity index is 451. The van der Waals surface area contributed by atoms with Gasteiger partial charge in [-0.1, -0.05) is 0 Å². The molecule has 98 valence electrons. The predicted octanol–water partition coefficient (Wildman–Crippen LogP) is 1.27. The number of ether oxygens (including phenoxy) is 1. The number of nitrogens with zero attached hydrogens (tertiary/aromatic N) is 2. The van der Waals surface area contributed by atoms with Gasteiger partial charge in [0.15, 0.2) is 5.13 Å². The average molecular weight is 269 g/mol. The lowest BCUT2D eigenvalue weighted by molar-refractivity contribution is -0.116. The van der Waals surface area contributed by atoms with Gasteiger partial charge in [0.05, 0.1) is 12.8 Å². The highest BCUT2D eigenvalue weighted by Gasteiger charge is 2.19. The van der Waals surface area contributed by atoms with Gasteiger partial charge < -0.3 is 15.0 Å². The molecular formula is C11H15N3O3S. The van der Waals surface area contributed by atoms with Crippen molar-refractivity contribution in [3.63, 3.8) is 0 Å². The van der Waals surface area contributed by atoms with Gasteiger partial charge in [-0.15, -0.1) is 11.3 Å². The summed E-state index contributed by atoms with van der Waals surface area (Å²) in [6, 6.07) is 0. The third-order valence-corrected chi connectivity index (χ3v) is 3.78. The highest BCUT2D eigenvalue weighted by Crippen LogP contribution is 2.30. The molecule has 0 unspecified atom stereocenters. The molecule has 0 radical (unpaired) electrons. The van der Waals surface area contributed by atoms with Crippen molar-refractivity contribution in [2.45, 2.75) is 19.3 Å². The van der Waals surface area contributed by atoms with Gasteiger partial charge in [0, 0.05) is 11.9 Å². The monoisotopic (exact) mass is 269 g/mol. The summed E-state index contributed by atoms with van der Waals surface area (Å²) in [7, 11) is 2.79. The normalized spacial score (nSPS) is 13.0. The molecule has 6 nitrogen and oxygen atoms in total. The lowest BCUT2D eigenvalue weighted by Crippen LogP contribution is -2.34. The maximum absolute atomic E-state index is 11.7. The number of methoxy groups -OCH3 is 1. The van der Waals surface area contributed by atoms with E-state index in [1.807, 2.05) is 0 Å². The minimum absolute atomic E-state index is 0.0447. The Labute approximate surface area is 109 Å². The molecule has 1 aliphatic carbocycles. The summed E-state index contributed by atoms with van der Waals surface area (Å²) in [4.78, 5) is 29.6. The first-order valence-electron chi connectivity index (χ1n) is 5.67. The van der Waals surface area contributed by atoms with Crippen LogP contribution in [0.5, 0.6) is 0 Å². The number of aromatic nitrogens is 1. The van der Waals surface area contributed by atoms with Crippen molar-refractivity contribution in [3.05, 3.63) is 10.6 Å². The van der Waals surface area contributed by atoms with Crippen LogP contribution in [0.4, 0.5) is 9.93 Å². The molecule has 0 aliphatic heterocycles. The van der Waals surface area contributed by atoms with E-state index >= 15 is 0 Å². The summed E-state index contributed by atoms with van der Waals surface area (Å²) >= 11 is 1.51. The van der Waals surface area contributed by atoms with Crippen molar-refractivity contribution in [1.29, 1.82) is 0 Å². The number of fused-ring (bicyclic) bond motifs is 1. The number of nitrogens with one attached hydrogen (secondary N) is 1. The molecule has 0 aromatic carbocycles. The predicted molar refractivity (Wildman–Crippen MR) is 67.8 cm³/mol. The standard InChI is InChI=1S/C11H15N3O3S/c1-14(11(16)17-2)6-9(15)13-10-12-7-4-3-5-8(7)18-10/h3-6H2,1-2H3,(H,12,13,15). The van der Waals surface area contributed by atoms with E-state index in [9.17, 15) is 9.59 Å². The van der Waals surface area contributed by atoms with Gasteiger partial charge in [-0.25, -0.2) is 9.78 Å². The molecule has 0 atom stereocenters. The Balaban J connectivity index is 1.89. The second kappa shape index (κ2) is 5.34. The highest BCUT2D eigenvalue weighted by atomic mass is 32.1. The van der Waals surface area contributed by atoms with Gasteiger partial charge in [0.25, 0.3) is 0 Å². The molecule has 0 fully saturated rings. The van der Waals surface area contributed by atoms with Crippen LogP contribution in [0.2, 0.25) is 0 Å². The molecule has 1 aromatic heterocycles. The van der Waals surface area contributed by atoms with Crippen LogP contribution < -0.4 is 5.32 Å². The molecule has 1 N–H and O–H groups in total. The fourth-order valence-electron chi connectivity index (χ4n) is 1.84. The van der Waals surface area contributed by atoms with Crippen LogP contribution in [0.25, 0.3) is 0 Å². The number of carbonyl (C=O) groups is 2. The number of likely N-dealkylation sites (N-methyl/N-ethyl adjacent to an activating group) is 1. The number of aryl methyl sites for hydroxylation is 2. The Morgan fingerprint density at radius 1 is 1.50 bits per heavy atom. The molecule has 1 heterocycles. The van der Waals surface area contributed by atoms with Gasteiger partial charge in [-0.2, -0.15) is 0 Å². The van der Waals surface area contributed by atoms with Crippen molar-refractivity contribution in [1.82, 2.24) is 9.88 Å². The maximum Gasteiger partial charge on any atom is 0.409 e.